The molecule has 4 rings (SSSR count). The molecule has 3 heterocycles. The third-order valence-electron chi connectivity index (χ3n) is 5.85. The Morgan fingerprint density at radius 2 is 1.92 bits per heavy atom. The summed E-state index contributed by atoms with van der Waals surface area (Å²) in [6, 6.07) is 11.1. The molecule has 0 spiro atoms. The molecule has 25 heavy (non-hydrogen) atoms. The Hall–Kier alpha value is -1.91. The van der Waals surface area contributed by atoms with Gasteiger partial charge in [-0.15, -0.1) is 0 Å². The van der Waals surface area contributed by atoms with Crippen molar-refractivity contribution in [2.45, 2.75) is 37.8 Å². The van der Waals surface area contributed by atoms with Gasteiger partial charge in [0.15, 0.2) is 0 Å². The van der Waals surface area contributed by atoms with Crippen molar-refractivity contribution < 1.29 is 5.11 Å². The summed E-state index contributed by atoms with van der Waals surface area (Å²) >= 11 is 0. The summed E-state index contributed by atoms with van der Waals surface area (Å²) in [5.74, 6) is 0.574. The highest BCUT2D eigenvalue weighted by Crippen LogP contribution is 2.46. The van der Waals surface area contributed by atoms with E-state index in [9.17, 15) is 5.11 Å². The first-order chi connectivity index (χ1) is 12.1. The molecule has 4 nitrogen and oxygen atoms in total. The van der Waals surface area contributed by atoms with Crippen LogP contribution in [-0.4, -0.2) is 47.7 Å². The first kappa shape index (κ1) is 16.6. The highest BCUT2D eigenvalue weighted by Gasteiger charge is 2.40. The molecular weight excluding hydrogens is 310 g/mol. The molecule has 0 radical (unpaired) electrons. The van der Waals surface area contributed by atoms with Gasteiger partial charge in [0, 0.05) is 36.6 Å². The standard InChI is InChI=1S/C21H27N3O/c1-15-3-4-19-18(13-15)17-7-11-23(2)12-8-20(17)24(19)14-21(25)16-5-9-22-10-6-16/h3-6,9-10,13,17,20-21,25H,7-8,11-12,14H2,1-2H3. The predicted molar refractivity (Wildman–Crippen MR) is 101 cm³/mol. The highest BCUT2D eigenvalue weighted by molar-refractivity contribution is 5.63. The van der Waals surface area contributed by atoms with Crippen molar-refractivity contribution in [1.29, 1.82) is 0 Å². The zero-order valence-electron chi connectivity index (χ0n) is 15.1. The Bertz CT molecular complexity index is 733. The van der Waals surface area contributed by atoms with Crippen LogP contribution in [0, 0.1) is 6.92 Å². The third kappa shape index (κ3) is 3.16. The van der Waals surface area contributed by atoms with E-state index >= 15 is 0 Å². The van der Waals surface area contributed by atoms with E-state index in [0.29, 0.717) is 18.5 Å². The molecule has 3 unspecified atom stereocenters. The Morgan fingerprint density at radius 3 is 2.72 bits per heavy atom. The van der Waals surface area contributed by atoms with Gasteiger partial charge in [-0.1, -0.05) is 17.7 Å². The first-order valence-corrected chi connectivity index (χ1v) is 9.27. The smallest absolute Gasteiger partial charge is 0.0966 e. The zero-order chi connectivity index (χ0) is 17.4. The second-order valence-electron chi connectivity index (χ2n) is 7.57. The maximum absolute atomic E-state index is 10.8. The number of nitrogens with zero attached hydrogens (tertiary/aromatic N) is 3. The van der Waals surface area contributed by atoms with Crippen molar-refractivity contribution in [1.82, 2.24) is 9.88 Å². The van der Waals surface area contributed by atoms with Crippen LogP contribution in [0.3, 0.4) is 0 Å². The van der Waals surface area contributed by atoms with Gasteiger partial charge in [0.2, 0.25) is 0 Å². The Labute approximate surface area is 150 Å². The average molecular weight is 337 g/mol. The molecule has 2 aliphatic rings. The summed E-state index contributed by atoms with van der Waals surface area (Å²) < 4.78 is 0. The number of aryl methyl sites for hydroxylation is 1. The van der Waals surface area contributed by atoms with Crippen molar-refractivity contribution in [3.05, 3.63) is 59.4 Å². The van der Waals surface area contributed by atoms with Crippen LogP contribution < -0.4 is 4.90 Å². The number of benzene rings is 1. The number of rotatable bonds is 3. The molecule has 1 N–H and O–H groups in total. The number of hydrogen-bond acceptors (Lipinski definition) is 4. The minimum absolute atomic E-state index is 0.484. The van der Waals surface area contributed by atoms with Crippen molar-refractivity contribution in [3.63, 3.8) is 0 Å². The van der Waals surface area contributed by atoms with Crippen LogP contribution in [-0.2, 0) is 0 Å². The van der Waals surface area contributed by atoms with E-state index in [-0.39, 0.29) is 0 Å². The van der Waals surface area contributed by atoms with E-state index in [0.717, 1.165) is 25.1 Å². The van der Waals surface area contributed by atoms with Crippen molar-refractivity contribution in [2.24, 2.45) is 0 Å². The number of aliphatic hydroxyl groups excluding tert-OH is 1. The van der Waals surface area contributed by atoms with Crippen LogP contribution in [0.4, 0.5) is 5.69 Å². The molecule has 1 fully saturated rings. The van der Waals surface area contributed by atoms with E-state index in [4.69, 9.17) is 0 Å². The number of hydrogen-bond donors (Lipinski definition) is 1. The van der Waals surface area contributed by atoms with Crippen LogP contribution in [0.2, 0.25) is 0 Å². The predicted octanol–water partition coefficient (Wildman–Crippen LogP) is 3.12. The maximum Gasteiger partial charge on any atom is 0.0966 e. The van der Waals surface area contributed by atoms with Gasteiger partial charge in [0.25, 0.3) is 0 Å². The fourth-order valence-corrected chi connectivity index (χ4v) is 4.48. The molecule has 1 saturated heterocycles. The number of β-amino-alcohol motifs (C(OH)–C–C–N with tert-alkyl or cyclic N) is 1. The SMILES string of the molecule is Cc1ccc2c(c1)C1CCN(C)CCC1N2CC(O)c1ccncc1. The lowest BCUT2D eigenvalue weighted by molar-refractivity contribution is 0.179. The van der Waals surface area contributed by atoms with E-state index in [1.165, 1.54) is 23.2 Å². The summed E-state index contributed by atoms with van der Waals surface area (Å²) in [6.07, 6.45) is 5.36. The molecule has 2 aromatic rings. The van der Waals surface area contributed by atoms with E-state index in [1.54, 1.807) is 12.4 Å². The zero-order valence-corrected chi connectivity index (χ0v) is 15.1. The normalized spacial score (nSPS) is 24.5. The number of aliphatic hydroxyl groups is 1. The Balaban J connectivity index is 1.66. The molecule has 3 atom stereocenters. The van der Waals surface area contributed by atoms with Gasteiger partial charge in [0.1, 0.15) is 0 Å². The minimum Gasteiger partial charge on any atom is -0.387 e. The van der Waals surface area contributed by atoms with Crippen molar-refractivity contribution in [2.75, 3.05) is 31.6 Å². The topological polar surface area (TPSA) is 39.6 Å². The number of aromatic nitrogens is 1. The van der Waals surface area contributed by atoms with E-state index in [1.807, 2.05) is 12.1 Å². The van der Waals surface area contributed by atoms with E-state index in [2.05, 4.69) is 47.0 Å². The number of anilines is 1. The van der Waals surface area contributed by atoms with Gasteiger partial charge in [0.05, 0.1) is 6.10 Å². The molecule has 0 saturated carbocycles. The molecule has 1 aromatic carbocycles. The summed E-state index contributed by atoms with van der Waals surface area (Å²) in [5, 5.41) is 10.8. The maximum atomic E-state index is 10.8. The van der Waals surface area contributed by atoms with E-state index < -0.39 is 6.10 Å². The van der Waals surface area contributed by atoms with Crippen LogP contribution in [0.15, 0.2) is 42.7 Å². The number of pyridine rings is 1. The molecule has 0 bridgehead atoms. The average Bonchev–Trinajstić information content (AvgIpc) is 2.76. The number of likely N-dealkylation sites (tertiary alicyclic amines) is 1. The van der Waals surface area contributed by atoms with Gasteiger partial charge < -0.3 is 14.9 Å². The highest BCUT2D eigenvalue weighted by atomic mass is 16.3. The lowest BCUT2D eigenvalue weighted by Crippen LogP contribution is -2.37. The van der Waals surface area contributed by atoms with Crippen LogP contribution in [0.25, 0.3) is 0 Å². The summed E-state index contributed by atoms with van der Waals surface area (Å²) in [4.78, 5) is 8.96. The lowest BCUT2D eigenvalue weighted by Gasteiger charge is -2.31. The largest absolute Gasteiger partial charge is 0.387 e. The molecule has 1 aromatic heterocycles. The van der Waals surface area contributed by atoms with Crippen LogP contribution in [0.5, 0.6) is 0 Å². The van der Waals surface area contributed by atoms with Crippen LogP contribution >= 0.6 is 0 Å². The molecular formula is C21H27N3O. The molecule has 0 amide bonds. The summed E-state index contributed by atoms with van der Waals surface area (Å²) in [6.45, 7) is 5.09. The second kappa shape index (κ2) is 6.77. The minimum atomic E-state index is -0.489. The van der Waals surface area contributed by atoms with Gasteiger partial charge in [-0.05, 0) is 69.2 Å². The quantitative estimate of drug-likeness (QED) is 0.934. The first-order valence-electron chi connectivity index (χ1n) is 9.27. The third-order valence-corrected chi connectivity index (χ3v) is 5.85. The molecule has 2 aliphatic heterocycles. The summed E-state index contributed by atoms with van der Waals surface area (Å²) in [5.41, 5.74) is 5.06. The fraction of sp³-hybridized carbons (Fsp3) is 0.476. The Kier molecular flexibility index (Phi) is 4.48. The lowest BCUT2D eigenvalue weighted by atomic mass is 9.90. The van der Waals surface area contributed by atoms with Gasteiger partial charge in [-0.25, -0.2) is 0 Å². The van der Waals surface area contributed by atoms with Gasteiger partial charge in [-0.2, -0.15) is 0 Å². The number of fused-ring (bicyclic) bond motifs is 3. The van der Waals surface area contributed by atoms with Crippen LogP contribution in [0.1, 0.15) is 41.6 Å². The van der Waals surface area contributed by atoms with Crippen molar-refractivity contribution in [3.8, 4) is 0 Å². The second-order valence-corrected chi connectivity index (χ2v) is 7.57. The van der Waals surface area contributed by atoms with Gasteiger partial charge >= 0.3 is 0 Å². The molecule has 132 valence electrons. The molecule has 4 heteroatoms. The monoisotopic (exact) mass is 337 g/mol. The molecule has 0 aliphatic carbocycles. The van der Waals surface area contributed by atoms with Crippen molar-refractivity contribution >= 4 is 5.69 Å². The fourth-order valence-electron chi connectivity index (χ4n) is 4.48. The Morgan fingerprint density at radius 1 is 1.16 bits per heavy atom. The summed E-state index contributed by atoms with van der Waals surface area (Å²) in [7, 11) is 2.22. The van der Waals surface area contributed by atoms with Gasteiger partial charge in [-0.3, -0.25) is 4.98 Å².